The smallest absolute Gasteiger partial charge is 0.328 e. The summed E-state index contributed by atoms with van der Waals surface area (Å²) in [7, 11) is 0. The second-order valence-corrected chi connectivity index (χ2v) is 13.7. The Morgan fingerprint density at radius 2 is 1.83 bits per heavy atom. The van der Waals surface area contributed by atoms with Crippen molar-refractivity contribution in [3.8, 4) is 11.4 Å². The molecule has 3 heterocycles. The largest absolute Gasteiger partial charge is 0.478 e. The zero-order chi connectivity index (χ0) is 32.7. The van der Waals surface area contributed by atoms with Crippen molar-refractivity contribution in [3.63, 3.8) is 0 Å². The number of carbonyl (C=O) groups is 2. The number of benzene rings is 2. The fraction of sp³-hybridized carbons (Fsp3) is 0.350. The van der Waals surface area contributed by atoms with Gasteiger partial charge in [0.2, 0.25) is 0 Å². The Morgan fingerprint density at radius 3 is 2.67 bits per heavy atom. The Labute approximate surface area is 280 Å². The highest BCUT2D eigenvalue weighted by atomic mass is 16.4. The number of H-pyrrole nitrogens is 1. The number of hydrogen-bond donors (Lipinski definition) is 3. The summed E-state index contributed by atoms with van der Waals surface area (Å²) in [6.45, 7) is 0.787. The molecule has 1 amide bonds. The topological polar surface area (TPSA) is 113 Å². The minimum atomic E-state index is -0.998. The van der Waals surface area contributed by atoms with E-state index < -0.39 is 11.5 Å². The van der Waals surface area contributed by atoms with Crippen LogP contribution in [0.5, 0.6) is 0 Å². The van der Waals surface area contributed by atoms with E-state index in [2.05, 4.69) is 56.5 Å². The fourth-order valence-corrected chi connectivity index (χ4v) is 8.41. The van der Waals surface area contributed by atoms with Crippen molar-refractivity contribution in [1.29, 1.82) is 0 Å². The molecule has 8 rings (SSSR count). The third-order valence-electron chi connectivity index (χ3n) is 10.7. The van der Waals surface area contributed by atoms with Crippen LogP contribution < -0.4 is 5.32 Å². The number of fused-ring (bicyclic) bond motifs is 5. The van der Waals surface area contributed by atoms with Crippen molar-refractivity contribution < 1.29 is 14.7 Å². The molecule has 8 nitrogen and oxygen atoms in total. The molecule has 8 heteroatoms. The third-order valence-corrected chi connectivity index (χ3v) is 10.7. The van der Waals surface area contributed by atoms with Gasteiger partial charge in [-0.3, -0.25) is 9.89 Å². The van der Waals surface area contributed by atoms with Crippen LogP contribution in [0.2, 0.25) is 0 Å². The highest BCUT2D eigenvalue weighted by Crippen LogP contribution is 2.46. The number of aromatic nitrogens is 4. The van der Waals surface area contributed by atoms with E-state index in [-0.39, 0.29) is 5.91 Å². The Balaban J connectivity index is 1.13. The standard InChI is InChI=1S/C40H41N5O3/c46-34(47)20-17-26-10-8-14-29(24-26)37-41-39(44-43-37)40(21-6-7-22-40)42-38(48)30-18-19-32-33(25-30)45-23-9-15-27-11-4-5-16-31(27)36(45)35(32)28-12-2-1-3-13-28/h8-11,14-20,24-25,28H,1-7,12-13,21-23H2,(H,42,48)(H,46,47)(H,41,43,44)/b20-17+. The van der Waals surface area contributed by atoms with E-state index in [4.69, 9.17) is 10.1 Å². The van der Waals surface area contributed by atoms with E-state index in [9.17, 15) is 9.59 Å². The normalized spacial score (nSPS) is 19.1. The number of amides is 1. The predicted molar refractivity (Wildman–Crippen MR) is 188 cm³/mol. The zero-order valence-electron chi connectivity index (χ0n) is 27.2. The maximum atomic E-state index is 14.2. The Kier molecular flexibility index (Phi) is 7.95. The van der Waals surface area contributed by atoms with Gasteiger partial charge in [-0.1, -0.05) is 80.7 Å². The molecule has 2 aromatic carbocycles. The second kappa shape index (κ2) is 12.6. The maximum absolute atomic E-state index is 14.2. The van der Waals surface area contributed by atoms with Crippen LogP contribution in [0.4, 0.5) is 0 Å². The van der Waals surface area contributed by atoms with Gasteiger partial charge in [-0.15, -0.1) is 0 Å². The molecule has 2 saturated carbocycles. The predicted octanol–water partition coefficient (Wildman–Crippen LogP) is 8.44. The molecule has 1 aliphatic heterocycles. The van der Waals surface area contributed by atoms with Crippen LogP contribution in [0.15, 0.2) is 78.4 Å². The number of carboxylic acid groups (broad SMARTS) is 1. The summed E-state index contributed by atoms with van der Waals surface area (Å²) in [6, 6.07) is 13.8. The van der Waals surface area contributed by atoms with Crippen LogP contribution in [0.3, 0.4) is 0 Å². The Morgan fingerprint density at radius 1 is 1.00 bits per heavy atom. The molecule has 4 aliphatic rings. The molecular formula is C40H41N5O3. The average Bonchev–Trinajstić information content (AvgIpc) is 3.84. The van der Waals surface area contributed by atoms with Gasteiger partial charge in [-0.05, 0) is 85.4 Å². The summed E-state index contributed by atoms with van der Waals surface area (Å²) in [6.07, 6.45) is 24.0. The first kappa shape index (κ1) is 30.4. The quantitative estimate of drug-likeness (QED) is 0.176. The minimum Gasteiger partial charge on any atom is -0.478 e. The molecule has 4 aromatic rings. The molecule has 2 fully saturated rings. The lowest BCUT2D eigenvalue weighted by Crippen LogP contribution is -2.44. The van der Waals surface area contributed by atoms with Gasteiger partial charge >= 0.3 is 5.97 Å². The number of hydrogen-bond acceptors (Lipinski definition) is 4. The second-order valence-electron chi connectivity index (χ2n) is 13.7. The van der Waals surface area contributed by atoms with Gasteiger partial charge in [0.15, 0.2) is 11.6 Å². The summed E-state index contributed by atoms with van der Waals surface area (Å²) in [5.41, 5.74) is 8.18. The van der Waals surface area contributed by atoms with Crippen molar-refractivity contribution in [1.82, 2.24) is 25.1 Å². The van der Waals surface area contributed by atoms with Crippen LogP contribution >= 0.6 is 0 Å². The molecule has 48 heavy (non-hydrogen) atoms. The zero-order valence-corrected chi connectivity index (χ0v) is 27.2. The highest BCUT2D eigenvalue weighted by Gasteiger charge is 2.41. The SMILES string of the molecule is O=C(O)/C=C/c1cccc(-c2nc(C3(NC(=O)c4ccc5c(C6CCCCC6)c6n(c5c4)CC=CC4=CCCC=C46)CCCC3)n[nH]2)c1. The van der Waals surface area contributed by atoms with E-state index in [1.54, 1.807) is 6.08 Å². The molecular weight excluding hydrogens is 598 g/mol. The van der Waals surface area contributed by atoms with Crippen LogP contribution in [-0.4, -0.2) is 36.7 Å². The van der Waals surface area contributed by atoms with Gasteiger partial charge in [0.25, 0.3) is 5.91 Å². The van der Waals surface area contributed by atoms with Gasteiger partial charge in [0.05, 0.1) is 5.69 Å². The molecule has 3 aliphatic carbocycles. The van der Waals surface area contributed by atoms with Gasteiger partial charge in [0.1, 0.15) is 5.54 Å². The molecule has 244 valence electrons. The number of carboxylic acids is 1. The molecule has 0 spiro atoms. The third kappa shape index (κ3) is 5.53. The lowest BCUT2D eigenvalue weighted by atomic mass is 9.80. The van der Waals surface area contributed by atoms with Crippen LogP contribution in [0, 0.1) is 0 Å². The molecule has 0 saturated heterocycles. The maximum Gasteiger partial charge on any atom is 0.328 e. The molecule has 0 unspecified atom stereocenters. The van der Waals surface area contributed by atoms with Gasteiger partial charge in [-0.25, -0.2) is 9.78 Å². The number of nitrogens with one attached hydrogen (secondary N) is 2. The van der Waals surface area contributed by atoms with Crippen molar-refractivity contribution in [2.24, 2.45) is 0 Å². The summed E-state index contributed by atoms with van der Waals surface area (Å²) >= 11 is 0. The number of rotatable bonds is 7. The molecule has 0 atom stereocenters. The number of aromatic amines is 1. The van der Waals surface area contributed by atoms with E-state index in [1.165, 1.54) is 59.9 Å². The summed E-state index contributed by atoms with van der Waals surface area (Å²) < 4.78 is 2.46. The fourth-order valence-electron chi connectivity index (χ4n) is 8.41. The lowest BCUT2D eigenvalue weighted by molar-refractivity contribution is -0.131. The summed E-state index contributed by atoms with van der Waals surface area (Å²) in [4.78, 5) is 30.1. The average molecular weight is 640 g/mol. The van der Waals surface area contributed by atoms with E-state index in [0.717, 1.165) is 67.8 Å². The minimum absolute atomic E-state index is 0.109. The van der Waals surface area contributed by atoms with E-state index >= 15 is 0 Å². The first-order valence-electron chi connectivity index (χ1n) is 17.5. The number of carbonyl (C=O) groups excluding carboxylic acids is 1. The first-order valence-corrected chi connectivity index (χ1v) is 17.5. The number of nitrogens with zero attached hydrogens (tertiary/aromatic N) is 3. The van der Waals surface area contributed by atoms with Gasteiger partial charge < -0.3 is 15.0 Å². The first-order chi connectivity index (χ1) is 23.5. The Bertz CT molecular complexity index is 2030. The molecule has 0 bridgehead atoms. The van der Waals surface area contributed by atoms with Crippen molar-refractivity contribution in [2.45, 2.75) is 88.6 Å². The van der Waals surface area contributed by atoms with E-state index in [0.29, 0.717) is 23.1 Å². The van der Waals surface area contributed by atoms with Gasteiger partial charge in [0, 0.05) is 40.2 Å². The Hall–Kier alpha value is -4.98. The number of aliphatic carboxylic acids is 1. The van der Waals surface area contributed by atoms with Crippen molar-refractivity contribution in [2.75, 3.05) is 0 Å². The van der Waals surface area contributed by atoms with Crippen molar-refractivity contribution in [3.05, 3.63) is 107 Å². The van der Waals surface area contributed by atoms with Crippen LogP contribution in [-0.2, 0) is 16.9 Å². The number of allylic oxidation sites excluding steroid dienone is 6. The summed E-state index contributed by atoms with van der Waals surface area (Å²) in [5, 5.41) is 21.4. The van der Waals surface area contributed by atoms with Gasteiger partial charge in [-0.2, -0.15) is 5.10 Å². The van der Waals surface area contributed by atoms with Crippen molar-refractivity contribution >= 4 is 34.4 Å². The molecule has 2 aromatic heterocycles. The highest BCUT2D eigenvalue weighted by molar-refractivity contribution is 6.01. The summed E-state index contributed by atoms with van der Waals surface area (Å²) in [5.74, 6) is 0.599. The molecule has 3 N–H and O–H groups in total. The van der Waals surface area contributed by atoms with Crippen LogP contribution in [0.1, 0.15) is 110 Å². The monoisotopic (exact) mass is 639 g/mol. The lowest BCUT2D eigenvalue weighted by Gasteiger charge is -2.27. The van der Waals surface area contributed by atoms with E-state index in [1.807, 2.05) is 30.3 Å². The van der Waals surface area contributed by atoms with Crippen LogP contribution in [0.25, 0.3) is 33.9 Å². The molecule has 0 radical (unpaired) electrons.